The van der Waals surface area contributed by atoms with E-state index in [1.54, 1.807) is 13.2 Å². The summed E-state index contributed by atoms with van der Waals surface area (Å²) in [6.07, 6.45) is 3.41. The van der Waals surface area contributed by atoms with Crippen LogP contribution in [0.4, 0.5) is 0 Å². The molecule has 0 fully saturated rings. The Balaban J connectivity index is 1.74. The number of aryl methyl sites for hydroxylation is 2. The lowest BCUT2D eigenvalue weighted by atomic mass is 10.1. The van der Waals surface area contributed by atoms with E-state index in [1.807, 2.05) is 68.5 Å². The molecule has 0 unspecified atom stereocenters. The van der Waals surface area contributed by atoms with Gasteiger partial charge in [0.15, 0.2) is 5.78 Å². The highest BCUT2D eigenvalue weighted by Crippen LogP contribution is 2.25. The standard InChI is InChI=1S/C23H21ClO3S/c1-15-12-19(7-8-20(15)24)27-14-18-13-17(6-10-22(18)26-3)5-9-21(25)23-11-4-16(2)28-23/h4-13H,14H2,1-3H3/b9-5+. The normalized spacial score (nSPS) is 11.0. The Morgan fingerprint density at radius 2 is 1.93 bits per heavy atom. The van der Waals surface area contributed by atoms with Crippen molar-refractivity contribution in [2.24, 2.45) is 0 Å². The molecule has 0 spiro atoms. The summed E-state index contributed by atoms with van der Waals surface area (Å²) in [6.45, 7) is 4.28. The third-order valence-corrected chi connectivity index (χ3v) is 5.68. The van der Waals surface area contributed by atoms with Crippen molar-refractivity contribution in [2.75, 3.05) is 7.11 Å². The molecule has 0 N–H and O–H groups in total. The summed E-state index contributed by atoms with van der Waals surface area (Å²) >= 11 is 7.56. The van der Waals surface area contributed by atoms with Crippen molar-refractivity contribution in [3.8, 4) is 11.5 Å². The molecule has 5 heteroatoms. The van der Waals surface area contributed by atoms with E-state index in [2.05, 4.69) is 0 Å². The van der Waals surface area contributed by atoms with E-state index in [0.29, 0.717) is 11.6 Å². The van der Waals surface area contributed by atoms with E-state index in [-0.39, 0.29) is 5.78 Å². The average Bonchev–Trinajstić information content (AvgIpc) is 3.13. The topological polar surface area (TPSA) is 35.5 Å². The van der Waals surface area contributed by atoms with E-state index in [1.165, 1.54) is 11.3 Å². The summed E-state index contributed by atoms with van der Waals surface area (Å²) in [6, 6.07) is 15.1. The molecule has 0 saturated heterocycles. The molecule has 1 aromatic heterocycles. The smallest absolute Gasteiger partial charge is 0.195 e. The molecule has 0 aliphatic heterocycles. The average molecular weight is 413 g/mol. The maximum Gasteiger partial charge on any atom is 0.195 e. The Morgan fingerprint density at radius 3 is 2.61 bits per heavy atom. The van der Waals surface area contributed by atoms with Gasteiger partial charge in [0.05, 0.1) is 12.0 Å². The minimum Gasteiger partial charge on any atom is -0.496 e. The molecule has 1 heterocycles. The zero-order valence-electron chi connectivity index (χ0n) is 16.0. The summed E-state index contributed by atoms with van der Waals surface area (Å²) in [5.41, 5.74) is 2.77. The second kappa shape index (κ2) is 9.09. The van der Waals surface area contributed by atoms with E-state index < -0.39 is 0 Å². The first-order chi connectivity index (χ1) is 13.5. The number of allylic oxidation sites excluding steroid dienone is 1. The van der Waals surface area contributed by atoms with Gasteiger partial charge in [0.2, 0.25) is 0 Å². The number of thiophene rings is 1. The minimum atomic E-state index is 0.00311. The lowest BCUT2D eigenvalue weighted by Gasteiger charge is -2.12. The predicted molar refractivity (Wildman–Crippen MR) is 116 cm³/mol. The fourth-order valence-corrected chi connectivity index (χ4v) is 3.61. The number of halogens is 1. The molecule has 3 nitrogen and oxygen atoms in total. The van der Waals surface area contributed by atoms with Crippen molar-refractivity contribution in [3.05, 3.63) is 86.1 Å². The van der Waals surface area contributed by atoms with Crippen LogP contribution in [-0.2, 0) is 6.61 Å². The van der Waals surface area contributed by atoms with Gasteiger partial charge in [0.1, 0.15) is 18.1 Å². The molecule has 0 atom stereocenters. The summed E-state index contributed by atoms with van der Waals surface area (Å²) in [4.78, 5) is 14.1. The van der Waals surface area contributed by atoms with Gasteiger partial charge in [-0.1, -0.05) is 23.7 Å². The summed E-state index contributed by atoms with van der Waals surface area (Å²) in [5.74, 6) is 1.49. The maximum absolute atomic E-state index is 12.3. The molecule has 0 amide bonds. The fourth-order valence-electron chi connectivity index (χ4n) is 2.70. The Hall–Kier alpha value is -2.56. The number of hydrogen-bond donors (Lipinski definition) is 0. The summed E-state index contributed by atoms with van der Waals surface area (Å²) < 4.78 is 11.3. The Labute approximate surface area is 174 Å². The molecule has 2 aromatic carbocycles. The largest absolute Gasteiger partial charge is 0.496 e. The molecule has 144 valence electrons. The lowest BCUT2D eigenvalue weighted by molar-refractivity contribution is 0.105. The monoisotopic (exact) mass is 412 g/mol. The van der Waals surface area contributed by atoms with Gasteiger partial charge >= 0.3 is 0 Å². The zero-order valence-corrected chi connectivity index (χ0v) is 17.6. The van der Waals surface area contributed by atoms with Crippen LogP contribution < -0.4 is 9.47 Å². The van der Waals surface area contributed by atoms with Crippen molar-refractivity contribution in [1.29, 1.82) is 0 Å². The van der Waals surface area contributed by atoms with Crippen molar-refractivity contribution in [1.82, 2.24) is 0 Å². The van der Waals surface area contributed by atoms with Crippen LogP contribution in [0.2, 0.25) is 5.02 Å². The molecule has 0 radical (unpaired) electrons. The first-order valence-electron chi connectivity index (χ1n) is 8.81. The number of carbonyl (C=O) groups is 1. The second-order valence-electron chi connectivity index (χ2n) is 6.38. The van der Waals surface area contributed by atoms with Crippen LogP contribution in [-0.4, -0.2) is 12.9 Å². The van der Waals surface area contributed by atoms with E-state index in [9.17, 15) is 4.79 Å². The minimum absolute atomic E-state index is 0.00311. The highest BCUT2D eigenvalue weighted by molar-refractivity contribution is 7.14. The Morgan fingerprint density at radius 1 is 1.11 bits per heavy atom. The van der Waals surface area contributed by atoms with Gasteiger partial charge in [0, 0.05) is 15.5 Å². The Kier molecular flexibility index (Phi) is 6.55. The van der Waals surface area contributed by atoms with Crippen molar-refractivity contribution in [3.63, 3.8) is 0 Å². The number of hydrogen-bond acceptors (Lipinski definition) is 4. The van der Waals surface area contributed by atoms with Gasteiger partial charge in [-0.15, -0.1) is 11.3 Å². The first kappa shape index (κ1) is 20.2. The highest BCUT2D eigenvalue weighted by atomic mass is 35.5. The molecule has 0 aliphatic carbocycles. The first-order valence-corrected chi connectivity index (χ1v) is 10.0. The zero-order chi connectivity index (χ0) is 20.1. The number of rotatable bonds is 7. The van der Waals surface area contributed by atoms with Crippen LogP contribution in [0.3, 0.4) is 0 Å². The van der Waals surface area contributed by atoms with Gasteiger partial charge in [-0.25, -0.2) is 0 Å². The molecule has 3 rings (SSSR count). The van der Waals surface area contributed by atoms with Gasteiger partial charge < -0.3 is 9.47 Å². The Bertz CT molecular complexity index is 1020. The lowest BCUT2D eigenvalue weighted by Crippen LogP contribution is -1.99. The van der Waals surface area contributed by atoms with Gasteiger partial charge in [-0.2, -0.15) is 0 Å². The van der Waals surface area contributed by atoms with Crippen LogP contribution in [0.5, 0.6) is 11.5 Å². The van der Waals surface area contributed by atoms with Crippen LogP contribution in [0.15, 0.2) is 54.6 Å². The van der Waals surface area contributed by atoms with Crippen LogP contribution in [0.25, 0.3) is 6.08 Å². The van der Waals surface area contributed by atoms with E-state index >= 15 is 0 Å². The molecule has 0 aliphatic rings. The molecule has 28 heavy (non-hydrogen) atoms. The molecule has 0 bridgehead atoms. The third kappa shape index (κ3) is 5.03. The molecule has 3 aromatic rings. The van der Waals surface area contributed by atoms with E-state index in [0.717, 1.165) is 37.9 Å². The molecular formula is C23H21ClO3S. The molecular weight excluding hydrogens is 392 g/mol. The predicted octanol–water partition coefficient (Wildman–Crippen LogP) is 6.50. The van der Waals surface area contributed by atoms with Crippen molar-refractivity contribution < 1.29 is 14.3 Å². The number of ether oxygens (including phenoxy) is 2. The maximum atomic E-state index is 12.3. The quantitative estimate of drug-likeness (QED) is 0.328. The van der Waals surface area contributed by atoms with Crippen LogP contribution in [0.1, 0.15) is 31.2 Å². The summed E-state index contributed by atoms with van der Waals surface area (Å²) in [7, 11) is 1.63. The van der Waals surface area contributed by atoms with Crippen LogP contribution >= 0.6 is 22.9 Å². The highest BCUT2D eigenvalue weighted by Gasteiger charge is 2.07. The SMILES string of the molecule is COc1ccc(/C=C/C(=O)c2ccc(C)s2)cc1COc1ccc(Cl)c(C)c1. The fraction of sp³-hybridized carbons (Fsp3) is 0.174. The van der Waals surface area contributed by atoms with Gasteiger partial charge in [-0.05, 0) is 73.5 Å². The third-order valence-electron chi connectivity index (χ3n) is 4.24. The van der Waals surface area contributed by atoms with Crippen molar-refractivity contribution >= 4 is 34.8 Å². The van der Waals surface area contributed by atoms with Crippen molar-refractivity contribution in [2.45, 2.75) is 20.5 Å². The molecule has 0 saturated carbocycles. The van der Waals surface area contributed by atoms with Gasteiger partial charge in [-0.3, -0.25) is 4.79 Å². The number of carbonyl (C=O) groups excluding carboxylic acids is 1. The summed E-state index contributed by atoms with van der Waals surface area (Å²) in [5, 5.41) is 0.711. The number of ketones is 1. The van der Waals surface area contributed by atoms with Crippen LogP contribution in [0, 0.1) is 13.8 Å². The number of benzene rings is 2. The second-order valence-corrected chi connectivity index (χ2v) is 8.07. The van der Waals surface area contributed by atoms with Gasteiger partial charge in [0.25, 0.3) is 0 Å². The van der Waals surface area contributed by atoms with E-state index in [4.69, 9.17) is 21.1 Å². The number of methoxy groups -OCH3 is 1.